The second-order valence-corrected chi connectivity index (χ2v) is 5.04. The number of hydrogen-bond acceptors (Lipinski definition) is 3. The highest BCUT2D eigenvalue weighted by atomic mass is 79.9. The van der Waals surface area contributed by atoms with Gasteiger partial charge in [0.25, 0.3) is 0 Å². The van der Waals surface area contributed by atoms with E-state index in [4.69, 9.17) is 0 Å². The molecule has 0 atom stereocenters. The number of hydrogen-bond donors (Lipinski definition) is 0. The quantitative estimate of drug-likeness (QED) is 0.814. The zero-order valence-electron chi connectivity index (χ0n) is 9.89. The van der Waals surface area contributed by atoms with Gasteiger partial charge in [0.05, 0.1) is 0 Å². The fourth-order valence-corrected chi connectivity index (χ4v) is 1.99. The first kappa shape index (κ1) is 12.2. The molecule has 0 aliphatic heterocycles. The summed E-state index contributed by atoms with van der Waals surface area (Å²) in [4.78, 5) is 12.9. The van der Waals surface area contributed by atoms with E-state index < -0.39 is 0 Å². The van der Waals surface area contributed by atoms with Crippen molar-refractivity contribution in [1.29, 1.82) is 0 Å². The molecule has 0 bridgehead atoms. The van der Waals surface area contributed by atoms with Crippen LogP contribution in [0.15, 0.2) is 35.2 Å². The van der Waals surface area contributed by atoms with Crippen LogP contribution in [0.3, 0.4) is 0 Å². The second kappa shape index (κ2) is 5.36. The number of nitrogens with zero attached hydrogens (tertiary/aromatic N) is 3. The van der Waals surface area contributed by atoms with Crippen molar-refractivity contribution in [2.24, 2.45) is 0 Å². The predicted octanol–water partition coefficient (Wildman–Crippen LogP) is 3.35. The van der Waals surface area contributed by atoms with Crippen molar-refractivity contribution < 1.29 is 0 Å². The molecule has 0 aromatic carbocycles. The summed E-state index contributed by atoms with van der Waals surface area (Å²) < 4.78 is 0.847. The van der Waals surface area contributed by atoms with Crippen LogP contribution in [-0.4, -0.2) is 15.0 Å². The lowest BCUT2D eigenvalue weighted by Gasteiger charge is -2.07. The van der Waals surface area contributed by atoms with E-state index in [9.17, 15) is 0 Å². The predicted molar refractivity (Wildman–Crippen MR) is 70.9 cm³/mol. The molecule has 2 heterocycles. The van der Waals surface area contributed by atoms with Crippen molar-refractivity contribution in [2.45, 2.75) is 26.2 Å². The molecule has 0 spiro atoms. The van der Waals surface area contributed by atoms with Crippen LogP contribution in [0.2, 0.25) is 0 Å². The Balaban J connectivity index is 2.27. The third-order valence-corrected chi connectivity index (χ3v) is 2.82. The Morgan fingerprint density at radius 3 is 2.53 bits per heavy atom. The first-order chi connectivity index (χ1) is 8.15. The minimum absolute atomic E-state index is 0.337. The minimum Gasteiger partial charge on any atom is -0.265 e. The summed E-state index contributed by atoms with van der Waals surface area (Å²) in [5.74, 6) is 1.21. The van der Waals surface area contributed by atoms with E-state index in [1.54, 1.807) is 12.4 Å². The molecule has 0 N–H and O–H groups in total. The highest BCUT2D eigenvalue weighted by molar-refractivity contribution is 9.10. The molecule has 0 radical (unpaired) electrons. The molecule has 0 fully saturated rings. The lowest BCUT2D eigenvalue weighted by atomic mass is 10.1. The van der Waals surface area contributed by atoms with Gasteiger partial charge in [-0.1, -0.05) is 13.8 Å². The van der Waals surface area contributed by atoms with Crippen LogP contribution in [0.1, 0.15) is 36.8 Å². The Bertz CT molecular complexity index is 497. The Hall–Kier alpha value is -1.29. The molecule has 0 amide bonds. The highest BCUT2D eigenvalue weighted by Crippen LogP contribution is 2.16. The molecule has 88 valence electrons. The first-order valence-electron chi connectivity index (χ1n) is 5.57. The number of halogens is 1. The standard InChI is InChI=1S/C13H14BrN3/c1-9(2)13-16-11(8-12(14)17-13)7-10-3-5-15-6-4-10/h3-6,8-9H,7H2,1-2H3. The van der Waals surface area contributed by atoms with Crippen molar-refractivity contribution in [3.8, 4) is 0 Å². The Kier molecular flexibility index (Phi) is 3.84. The summed E-state index contributed by atoms with van der Waals surface area (Å²) >= 11 is 3.43. The van der Waals surface area contributed by atoms with Crippen molar-refractivity contribution in [1.82, 2.24) is 15.0 Å². The molecule has 4 heteroatoms. The Labute approximate surface area is 109 Å². The third-order valence-electron chi connectivity index (χ3n) is 2.42. The van der Waals surface area contributed by atoms with E-state index >= 15 is 0 Å². The molecule has 0 saturated carbocycles. The molecular weight excluding hydrogens is 278 g/mol. The van der Waals surface area contributed by atoms with Gasteiger partial charge in [-0.15, -0.1) is 0 Å². The van der Waals surface area contributed by atoms with Crippen molar-refractivity contribution in [2.75, 3.05) is 0 Å². The smallest absolute Gasteiger partial charge is 0.132 e. The first-order valence-corrected chi connectivity index (χ1v) is 6.36. The van der Waals surface area contributed by atoms with Gasteiger partial charge in [-0.25, -0.2) is 9.97 Å². The van der Waals surface area contributed by atoms with Crippen molar-refractivity contribution in [3.63, 3.8) is 0 Å². The summed E-state index contributed by atoms with van der Waals surface area (Å²) in [6.07, 6.45) is 4.41. The van der Waals surface area contributed by atoms with E-state index in [2.05, 4.69) is 44.7 Å². The second-order valence-electron chi connectivity index (χ2n) is 4.23. The van der Waals surface area contributed by atoms with Gasteiger partial charge in [0, 0.05) is 30.4 Å². The zero-order valence-corrected chi connectivity index (χ0v) is 11.5. The summed E-state index contributed by atoms with van der Waals surface area (Å²) in [5.41, 5.74) is 2.24. The van der Waals surface area contributed by atoms with Crippen molar-refractivity contribution in [3.05, 3.63) is 52.3 Å². The molecule has 2 aromatic heterocycles. The summed E-state index contributed by atoms with van der Waals surface area (Å²) in [7, 11) is 0. The molecular formula is C13H14BrN3. The molecule has 0 aliphatic rings. The van der Waals surface area contributed by atoms with Crippen molar-refractivity contribution >= 4 is 15.9 Å². The molecule has 17 heavy (non-hydrogen) atoms. The Morgan fingerprint density at radius 1 is 1.18 bits per heavy atom. The van der Waals surface area contributed by atoms with E-state index in [1.807, 2.05) is 18.2 Å². The maximum atomic E-state index is 4.57. The van der Waals surface area contributed by atoms with Crippen LogP contribution in [0, 0.1) is 0 Å². The number of pyridine rings is 1. The van der Waals surface area contributed by atoms with Gasteiger partial charge in [-0.3, -0.25) is 4.98 Å². The van der Waals surface area contributed by atoms with E-state index in [0.717, 1.165) is 22.5 Å². The molecule has 3 nitrogen and oxygen atoms in total. The van der Waals surface area contributed by atoms with E-state index in [0.29, 0.717) is 5.92 Å². The summed E-state index contributed by atoms with van der Waals surface area (Å²) in [6.45, 7) is 4.19. The van der Waals surface area contributed by atoms with Crippen LogP contribution in [-0.2, 0) is 6.42 Å². The van der Waals surface area contributed by atoms with Crippen LogP contribution >= 0.6 is 15.9 Å². The van der Waals surface area contributed by atoms with Crippen LogP contribution < -0.4 is 0 Å². The average molecular weight is 292 g/mol. The van der Waals surface area contributed by atoms with Gasteiger partial charge in [-0.05, 0) is 39.7 Å². The average Bonchev–Trinajstić information content (AvgIpc) is 2.29. The Morgan fingerprint density at radius 2 is 1.88 bits per heavy atom. The summed E-state index contributed by atoms with van der Waals surface area (Å²) in [6, 6.07) is 5.97. The third kappa shape index (κ3) is 3.33. The molecule has 0 unspecified atom stereocenters. The molecule has 0 saturated heterocycles. The largest absolute Gasteiger partial charge is 0.265 e. The maximum absolute atomic E-state index is 4.57. The minimum atomic E-state index is 0.337. The lowest BCUT2D eigenvalue weighted by molar-refractivity contribution is 0.756. The monoisotopic (exact) mass is 291 g/mol. The topological polar surface area (TPSA) is 38.7 Å². The van der Waals surface area contributed by atoms with E-state index in [1.165, 1.54) is 5.56 Å². The van der Waals surface area contributed by atoms with Gasteiger partial charge < -0.3 is 0 Å². The maximum Gasteiger partial charge on any atom is 0.132 e. The van der Waals surface area contributed by atoms with Gasteiger partial charge in [-0.2, -0.15) is 0 Å². The zero-order chi connectivity index (χ0) is 12.3. The van der Waals surface area contributed by atoms with Crippen LogP contribution in [0.4, 0.5) is 0 Å². The lowest BCUT2D eigenvalue weighted by Crippen LogP contribution is -2.02. The fourth-order valence-electron chi connectivity index (χ4n) is 1.54. The normalized spacial score (nSPS) is 10.8. The fraction of sp³-hybridized carbons (Fsp3) is 0.308. The van der Waals surface area contributed by atoms with Crippen LogP contribution in [0.5, 0.6) is 0 Å². The summed E-state index contributed by atoms with van der Waals surface area (Å²) in [5, 5.41) is 0. The van der Waals surface area contributed by atoms with Gasteiger partial charge in [0.1, 0.15) is 10.4 Å². The molecule has 2 rings (SSSR count). The number of aromatic nitrogens is 3. The van der Waals surface area contributed by atoms with Gasteiger partial charge >= 0.3 is 0 Å². The van der Waals surface area contributed by atoms with Gasteiger partial charge in [0.15, 0.2) is 0 Å². The van der Waals surface area contributed by atoms with E-state index in [-0.39, 0.29) is 0 Å². The SMILES string of the molecule is CC(C)c1nc(Br)cc(Cc2ccncc2)n1. The molecule has 2 aromatic rings. The molecule has 0 aliphatic carbocycles. The highest BCUT2D eigenvalue weighted by Gasteiger charge is 2.07. The van der Waals surface area contributed by atoms with Gasteiger partial charge in [0.2, 0.25) is 0 Å². The number of rotatable bonds is 3. The van der Waals surface area contributed by atoms with Crippen LogP contribution in [0.25, 0.3) is 0 Å².